The van der Waals surface area contributed by atoms with E-state index >= 15 is 0 Å². The SMILES string of the molecule is CC(C)CNCc1ccc(OCCCC#N)c([N+](=O)[O-])c1. The van der Waals surface area contributed by atoms with Crippen molar-refractivity contribution in [2.24, 2.45) is 5.92 Å². The van der Waals surface area contributed by atoms with Crippen molar-refractivity contribution in [3.05, 3.63) is 33.9 Å². The summed E-state index contributed by atoms with van der Waals surface area (Å²) in [5, 5.41) is 22.8. The van der Waals surface area contributed by atoms with Crippen molar-refractivity contribution in [1.29, 1.82) is 5.26 Å². The van der Waals surface area contributed by atoms with Crippen molar-refractivity contribution < 1.29 is 9.66 Å². The van der Waals surface area contributed by atoms with E-state index in [1.54, 1.807) is 6.07 Å². The highest BCUT2D eigenvalue weighted by molar-refractivity contribution is 5.48. The summed E-state index contributed by atoms with van der Waals surface area (Å²) in [6.45, 7) is 5.97. The molecule has 0 radical (unpaired) electrons. The van der Waals surface area contributed by atoms with Gasteiger partial charge in [-0.15, -0.1) is 0 Å². The third-order valence-electron chi connectivity index (χ3n) is 2.79. The van der Waals surface area contributed by atoms with Crippen LogP contribution >= 0.6 is 0 Å². The molecule has 21 heavy (non-hydrogen) atoms. The van der Waals surface area contributed by atoms with Crippen LogP contribution in [0.1, 0.15) is 32.3 Å². The van der Waals surface area contributed by atoms with E-state index in [0.29, 0.717) is 31.9 Å². The molecule has 0 aromatic heterocycles. The van der Waals surface area contributed by atoms with E-state index in [4.69, 9.17) is 10.00 Å². The van der Waals surface area contributed by atoms with Gasteiger partial charge < -0.3 is 10.1 Å². The van der Waals surface area contributed by atoms with Crippen LogP contribution in [-0.2, 0) is 6.54 Å². The zero-order chi connectivity index (χ0) is 15.7. The number of nitrogens with zero attached hydrogens (tertiary/aromatic N) is 2. The number of rotatable bonds is 9. The highest BCUT2D eigenvalue weighted by Gasteiger charge is 2.15. The second-order valence-electron chi connectivity index (χ2n) is 5.19. The standard InChI is InChI=1S/C15H21N3O3/c1-12(2)10-17-11-13-5-6-15(14(9-13)18(19)20)21-8-4-3-7-16/h5-6,9,12,17H,3-4,8,10-11H2,1-2H3. The minimum absolute atomic E-state index is 0.0317. The molecule has 0 saturated heterocycles. The van der Waals surface area contributed by atoms with Gasteiger partial charge in [0.05, 0.1) is 17.6 Å². The predicted molar refractivity (Wildman–Crippen MR) is 80.0 cm³/mol. The molecule has 0 aliphatic heterocycles. The smallest absolute Gasteiger partial charge is 0.311 e. The molecule has 0 heterocycles. The first-order valence-corrected chi connectivity index (χ1v) is 7.02. The number of hydrogen-bond acceptors (Lipinski definition) is 5. The first-order chi connectivity index (χ1) is 10.0. The molecule has 6 heteroatoms. The molecule has 6 nitrogen and oxygen atoms in total. The summed E-state index contributed by atoms with van der Waals surface area (Å²) < 4.78 is 5.39. The fourth-order valence-corrected chi connectivity index (χ4v) is 1.78. The number of nitrogens with one attached hydrogen (secondary N) is 1. The Kier molecular flexibility index (Phi) is 7.19. The molecule has 0 unspecified atom stereocenters. The van der Waals surface area contributed by atoms with Crippen molar-refractivity contribution >= 4 is 5.69 Å². The van der Waals surface area contributed by atoms with Crippen LogP contribution in [0, 0.1) is 27.4 Å². The molecule has 1 N–H and O–H groups in total. The third-order valence-corrected chi connectivity index (χ3v) is 2.79. The fraction of sp³-hybridized carbons (Fsp3) is 0.533. The van der Waals surface area contributed by atoms with Gasteiger partial charge in [0.1, 0.15) is 0 Å². The number of unbranched alkanes of at least 4 members (excludes halogenated alkanes) is 1. The molecule has 1 aromatic rings. The average Bonchev–Trinajstić information content (AvgIpc) is 2.44. The number of nitriles is 1. The van der Waals surface area contributed by atoms with Gasteiger partial charge in [0.15, 0.2) is 5.75 Å². The Morgan fingerprint density at radius 2 is 2.24 bits per heavy atom. The van der Waals surface area contributed by atoms with Crippen molar-refractivity contribution in [2.45, 2.75) is 33.2 Å². The van der Waals surface area contributed by atoms with Crippen LogP contribution in [0.3, 0.4) is 0 Å². The van der Waals surface area contributed by atoms with Crippen LogP contribution in [0.2, 0.25) is 0 Å². The molecule has 0 spiro atoms. The van der Waals surface area contributed by atoms with Crippen molar-refractivity contribution in [3.63, 3.8) is 0 Å². The van der Waals surface area contributed by atoms with Crippen LogP contribution in [-0.4, -0.2) is 18.1 Å². The maximum absolute atomic E-state index is 11.1. The van der Waals surface area contributed by atoms with Gasteiger partial charge in [0, 0.05) is 19.0 Å². The first-order valence-electron chi connectivity index (χ1n) is 7.02. The molecule has 0 saturated carbocycles. The summed E-state index contributed by atoms with van der Waals surface area (Å²) in [5.74, 6) is 0.785. The van der Waals surface area contributed by atoms with Crippen LogP contribution < -0.4 is 10.1 Å². The van der Waals surface area contributed by atoms with Crippen LogP contribution in [0.15, 0.2) is 18.2 Å². The second-order valence-corrected chi connectivity index (χ2v) is 5.19. The van der Waals surface area contributed by atoms with Gasteiger partial charge in [-0.1, -0.05) is 19.9 Å². The Balaban J connectivity index is 2.68. The van der Waals surface area contributed by atoms with Crippen molar-refractivity contribution in [2.75, 3.05) is 13.2 Å². The van der Waals surface area contributed by atoms with E-state index in [-0.39, 0.29) is 11.4 Å². The summed E-state index contributed by atoms with van der Waals surface area (Å²) in [7, 11) is 0. The number of ether oxygens (including phenoxy) is 1. The largest absolute Gasteiger partial charge is 0.487 e. The molecule has 0 aliphatic carbocycles. The van der Waals surface area contributed by atoms with Crippen molar-refractivity contribution in [3.8, 4) is 11.8 Å². The lowest BCUT2D eigenvalue weighted by Gasteiger charge is -2.09. The molecule has 114 valence electrons. The van der Waals surface area contributed by atoms with Gasteiger partial charge in [-0.3, -0.25) is 10.1 Å². The molecule has 0 amide bonds. The molecule has 0 aliphatic rings. The van der Waals surface area contributed by atoms with Crippen LogP contribution in [0.4, 0.5) is 5.69 Å². The predicted octanol–water partition coefficient (Wildman–Crippen LogP) is 3.02. The lowest BCUT2D eigenvalue weighted by atomic mass is 10.1. The first kappa shape index (κ1) is 16.9. The van der Waals surface area contributed by atoms with Gasteiger partial charge in [-0.05, 0) is 30.5 Å². The highest BCUT2D eigenvalue weighted by Crippen LogP contribution is 2.28. The summed E-state index contributed by atoms with van der Waals surface area (Å²) in [6.07, 6.45) is 0.941. The number of nitro benzene ring substituents is 1. The molecule has 1 aromatic carbocycles. The molecule has 0 atom stereocenters. The molecule has 0 fully saturated rings. The normalized spacial score (nSPS) is 10.4. The minimum atomic E-state index is -0.439. The summed E-state index contributed by atoms with van der Waals surface area (Å²) in [4.78, 5) is 10.7. The molecular formula is C15H21N3O3. The Morgan fingerprint density at radius 3 is 2.86 bits per heavy atom. The third kappa shape index (κ3) is 6.23. The zero-order valence-corrected chi connectivity index (χ0v) is 12.5. The minimum Gasteiger partial charge on any atom is -0.487 e. The maximum Gasteiger partial charge on any atom is 0.311 e. The van der Waals surface area contributed by atoms with E-state index in [0.717, 1.165) is 12.1 Å². The molecule has 1 rings (SSSR count). The Bertz CT molecular complexity index is 509. The summed E-state index contributed by atoms with van der Waals surface area (Å²) >= 11 is 0. The summed E-state index contributed by atoms with van der Waals surface area (Å²) in [5.41, 5.74) is 0.822. The Morgan fingerprint density at radius 1 is 1.48 bits per heavy atom. The quantitative estimate of drug-likeness (QED) is 0.429. The topological polar surface area (TPSA) is 88.2 Å². The van der Waals surface area contributed by atoms with E-state index in [9.17, 15) is 10.1 Å². The summed E-state index contributed by atoms with van der Waals surface area (Å²) in [6, 6.07) is 6.99. The highest BCUT2D eigenvalue weighted by atomic mass is 16.6. The van der Waals surface area contributed by atoms with Crippen LogP contribution in [0.5, 0.6) is 5.75 Å². The van der Waals surface area contributed by atoms with Crippen molar-refractivity contribution in [1.82, 2.24) is 5.32 Å². The molecular weight excluding hydrogens is 270 g/mol. The lowest BCUT2D eigenvalue weighted by Crippen LogP contribution is -2.19. The van der Waals surface area contributed by atoms with Crippen LogP contribution in [0.25, 0.3) is 0 Å². The Hall–Kier alpha value is -2.13. The van der Waals surface area contributed by atoms with Gasteiger partial charge in [-0.25, -0.2) is 0 Å². The monoisotopic (exact) mass is 291 g/mol. The number of hydrogen-bond donors (Lipinski definition) is 1. The van der Waals surface area contributed by atoms with Gasteiger partial charge >= 0.3 is 5.69 Å². The van der Waals surface area contributed by atoms with Gasteiger partial charge in [-0.2, -0.15) is 5.26 Å². The van der Waals surface area contributed by atoms with Gasteiger partial charge in [0.25, 0.3) is 0 Å². The number of nitro groups is 1. The van der Waals surface area contributed by atoms with Gasteiger partial charge in [0.2, 0.25) is 0 Å². The fourth-order valence-electron chi connectivity index (χ4n) is 1.78. The lowest BCUT2D eigenvalue weighted by molar-refractivity contribution is -0.385. The number of benzene rings is 1. The van der Waals surface area contributed by atoms with E-state index in [2.05, 4.69) is 19.2 Å². The maximum atomic E-state index is 11.1. The zero-order valence-electron chi connectivity index (χ0n) is 12.5. The average molecular weight is 291 g/mol. The Labute approximate surface area is 124 Å². The van der Waals surface area contributed by atoms with E-state index < -0.39 is 4.92 Å². The van der Waals surface area contributed by atoms with E-state index in [1.807, 2.05) is 12.1 Å². The second kappa shape index (κ2) is 8.93. The van der Waals surface area contributed by atoms with E-state index in [1.165, 1.54) is 6.07 Å². The molecule has 0 bridgehead atoms.